The van der Waals surface area contributed by atoms with Crippen LogP contribution in [0.3, 0.4) is 0 Å². The smallest absolute Gasteiger partial charge is 0.263 e. The minimum Gasteiger partial charge on any atom is -0.330 e. The highest BCUT2D eigenvalue weighted by Crippen LogP contribution is 2.40. The van der Waals surface area contributed by atoms with E-state index in [4.69, 9.17) is 4.98 Å². The Hall–Kier alpha value is -4.03. The number of ketones is 1. The maximum absolute atomic E-state index is 13.8. The second-order valence-electron chi connectivity index (χ2n) is 8.78. The highest BCUT2D eigenvalue weighted by Gasteiger charge is 2.32. The first-order valence-corrected chi connectivity index (χ1v) is 10.9. The van der Waals surface area contributed by atoms with Crippen LogP contribution < -0.4 is 5.56 Å². The summed E-state index contributed by atoms with van der Waals surface area (Å²) in [7, 11) is 6.02. The van der Waals surface area contributed by atoms with Gasteiger partial charge in [-0.05, 0) is 38.4 Å². The van der Waals surface area contributed by atoms with Gasteiger partial charge in [-0.3, -0.25) is 14.2 Å². The highest BCUT2D eigenvalue weighted by molar-refractivity contribution is 6.26. The molecule has 1 aliphatic carbocycles. The number of nitrogens with zero attached hydrogens (tertiary/aromatic N) is 4. The first-order chi connectivity index (χ1) is 16.0. The molecule has 6 nitrogen and oxygen atoms in total. The average Bonchev–Trinajstić information content (AvgIpc) is 3.28. The molecule has 6 rings (SSSR count). The van der Waals surface area contributed by atoms with Crippen molar-refractivity contribution in [3.8, 4) is 16.9 Å². The van der Waals surface area contributed by atoms with Crippen LogP contribution in [0.15, 0.2) is 71.5 Å². The fraction of sp³-hybridized carbons (Fsp3) is 0.148. The summed E-state index contributed by atoms with van der Waals surface area (Å²) >= 11 is 0. The zero-order valence-corrected chi connectivity index (χ0v) is 18.7. The lowest BCUT2D eigenvalue weighted by molar-refractivity contribution is 0.104. The van der Waals surface area contributed by atoms with Crippen LogP contribution in [0.2, 0.25) is 0 Å². The van der Waals surface area contributed by atoms with Crippen molar-refractivity contribution in [3.05, 3.63) is 94.0 Å². The summed E-state index contributed by atoms with van der Waals surface area (Å²) in [6.45, 7) is 0.716. The van der Waals surface area contributed by atoms with Gasteiger partial charge >= 0.3 is 0 Å². The third-order valence-electron chi connectivity index (χ3n) is 6.42. The van der Waals surface area contributed by atoms with Gasteiger partial charge in [0.25, 0.3) is 5.56 Å². The maximum atomic E-state index is 13.8. The fourth-order valence-corrected chi connectivity index (χ4v) is 4.90. The van der Waals surface area contributed by atoms with Crippen molar-refractivity contribution in [2.45, 2.75) is 6.54 Å². The monoisotopic (exact) mass is 434 g/mol. The topological polar surface area (TPSA) is 60.1 Å². The van der Waals surface area contributed by atoms with Gasteiger partial charge in [0.2, 0.25) is 0 Å². The maximum Gasteiger partial charge on any atom is 0.263 e. The van der Waals surface area contributed by atoms with Crippen LogP contribution in [0, 0.1) is 0 Å². The minimum atomic E-state index is -0.141. The molecule has 2 heterocycles. The molecule has 0 aliphatic heterocycles. The molecule has 162 valence electrons. The van der Waals surface area contributed by atoms with Gasteiger partial charge in [0, 0.05) is 28.9 Å². The first-order valence-electron chi connectivity index (χ1n) is 10.9. The summed E-state index contributed by atoms with van der Waals surface area (Å²) < 4.78 is 3.76. The van der Waals surface area contributed by atoms with Gasteiger partial charge in [0.1, 0.15) is 5.82 Å². The molecule has 5 aromatic rings. The third-order valence-corrected chi connectivity index (χ3v) is 6.42. The standard InChI is InChI=1S/C27H22N4O2/c1-29(2)15-23-28-21-14-16(12-13-22(21)30(23)3)31-25-18-9-5-6-10-19(18)26(32)24(25)17-8-4-7-11-20(17)27(31)33/h4-14H,15H2,1-3H3. The predicted molar refractivity (Wildman–Crippen MR) is 130 cm³/mol. The lowest BCUT2D eigenvalue weighted by atomic mass is 10.0. The zero-order valence-electron chi connectivity index (χ0n) is 18.7. The molecule has 0 amide bonds. The molecule has 1 aliphatic rings. The molecule has 0 atom stereocenters. The number of carbonyl (C=O) groups is 1. The number of fused-ring (bicyclic) bond motifs is 6. The Morgan fingerprint density at radius 1 is 0.879 bits per heavy atom. The van der Waals surface area contributed by atoms with Crippen molar-refractivity contribution in [2.75, 3.05) is 14.1 Å². The van der Waals surface area contributed by atoms with Crippen LogP contribution in [0.1, 0.15) is 21.7 Å². The van der Waals surface area contributed by atoms with Crippen molar-refractivity contribution < 1.29 is 4.79 Å². The Balaban J connectivity index is 1.70. The average molecular weight is 434 g/mol. The number of pyridine rings is 1. The third kappa shape index (κ3) is 2.74. The molecule has 2 aromatic heterocycles. The van der Waals surface area contributed by atoms with Crippen LogP contribution in [-0.2, 0) is 13.6 Å². The molecule has 0 N–H and O–H groups in total. The summed E-state index contributed by atoms with van der Waals surface area (Å²) in [6.07, 6.45) is 0. The molecule has 0 saturated heterocycles. The van der Waals surface area contributed by atoms with Crippen LogP contribution in [0.5, 0.6) is 0 Å². The van der Waals surface area contributed by atoms with Crippen molar-refractivity contribution in [1.29, 1.82) is 0 Å². The molecule has 0 bridgehead atoms. The Morgan fingerprint density at radius 3 is 2.33 bits per heavy atom. The number of hydrogen-bond donors (Lipinski definition) is 0. The van der Waals surface area contributed by atoms with E-state index in [1.807, 2.05) is 81.8 Å². The Labute approximate surface area is 190 Å². The molecule has 0 spiro atoms. The van der Waals surface area contributed by atoms with E-state index in [-0.39, 0.29) is 11.3 Å². The van der Waals surface area contributed by atoms with Gasteiger partial charge in [-0.2, -0.15) is 0 Å². The van der Waals surface area contributed by atoms with E-state index in [0.717, 1.165) is 22.4 Å². The molecular weight excluding hydrogens is 412 g/mol. The van der Waals surface area contributed by atoms with Crippen LogP contribution >= 0.6 is 0 Å². The van der Waals surface area contributed by atoms with E-state index in [2.05, 4.69) is 9.47 Å². The van der Waals surface area contributed by atoms with Gasteiger partial charge in [-0.15, -0.1) is 0 Å². The summed E-state index contributed by atoms with van der Waals surface area (Å²) in [6, 6.07) is 20.7. The summed E-state index contributed by atoms with van der Waals surface area (Å²) in [5, 5.41) is 1.23. The van der Waals surface area contributed by atoms with E-state index in [1.165, 1.54) is 0 Å². The lowest BCUT2D eigenvalue weighted by Gasteiger charge is -2.15. The number of aryl methyl sites for hydroxylation is 1. The number of hydrogen-bond acceptors (Lipinski definition) is 4. The Bertz CT molecular complexity index is 1670. The summed E-state index contributed by atoms with van der Waals surface area (Å²) in [5.41, 5.74) is 5.03. The second kappa shape index (κ2) is 6.98. The quantitative estimate of drug-likeness (QED) is 0.420. The second-order valence-corrected chi connectivity index (χ2v) is 8.78. The number of aromatic nitrogens is 3. The Morgan fingerprint density at radius 2 is 1.58 bits per heavy atom. The SMILES string of the molecule is CN(C)Cc1nc2cc(-n3c4c(c5ccccc5c3=O)C(=O)c3ccccc3-4)ccc2n1C. The summed E-state index contributed by atoms with van der Waals surface area (Å²) in [4.78, 5) is 34.1. The molecular formula is C27H22N4O2. The first kappa shape index (κ1) is 19.6. The minimum absolute atomic E-state index is 0.0438. The molecule has 3 aromatic carbocycles. The van der Waals surface area contributed by atoms with Gasteiger partial charge in [-0.25, -0.2) is 4.98 Å². The van der Waals surface area contributed by atoms with Crippen LogP contribution in [-0.4, -0.2) is 38.9 Å². The molecule has 0 fully saturated rings. The van der Waals surface area contributed by atoms with Crippen molar-refractivity contribution in [1.82, 2.24) is 19.0 Å². The molecule has 0 radical (unpaired) electrons. The number of benzene rings is 3. The van der Waals surface area contributed by atoms with E-state index < -0.39 is 0 Å². The van der Waals surface area contributed by atoms with Crippen molar-refractivity contribution in [2.24, 2.45) is 7.05 Å². The van der Waals surface area contributed by atoms with E-state index >= 15 is 0 Å². The van der Waals surface area contributed by atoms with E-state index in [0.29, 0.717) is 39.8 Å². The van der Waals surface area contributed by atoms with Crippen molar-refractivity contribution >= 4 is 27.6 Å². The molecule has 0 unspecified atom stereocenters. The summed E-state index contributed by atoms with van der Waals surface area (Å²) in [5.74, 6) is 0.904. The van der Waals surface area contributed by atoms with Crippen molar-refractivity contribution in [3.63, 3.8) is 0 Å². The van der Waals surface area contributed by atoms with Gasteiger partial charge in [0.05, 0.1) is 34.5 Å². The fourth-order valence-electron chi connectivity index (χ4n) is 4.90. The number of imidazole rings is 1. The van der Waals surface area contributed by atoms with E-state index in [9.17, 15) is 9.59 Å². The van der Waals surface area contributed by atoms with Gasteiger partial charge in [-0.1, -0.05) is 42.5 Å². The zero-order chi connectivity index (χ0) is 22.9. The normalized spacial score (nSPS) is 12.7. The van der Waals surface area contributed by atoms with Gasteiger partial charge < -0.3 is 9.47 Å². The van der Waals surface area contributed by atoms with Crippen LogP contribution in [0.4, 0.5) is 0 Å². The Kier molecular flexibility index (Phi) is 4.16. The van der Waals surface area contributed by atoms with Crippen LogP contribution in [0.25, 0.3) is 38.8 Å². The number of rotatable bonds is 3. The molecule has 6 heteroatoms. The molecule has 0 saturated carbocycles. The van der Waals surface area contributed by atoms with E-state index in [1.54, 1.807) is 10.6 Å². The largest absolute Gasteiger partial charge is 0.330 e. The number of carbonyl (C=O) groups excluding carboxylic acids is 1. The predicted octanol–water partition coefficient (Wildman–Crippen LogP) is 4.15. The van der Waals surface area contributed by atoms with Gasteiger partial charge in [0.15, 0.2) is 5.78 Å². The molecule has 33 heavy (non-hydrogen) atoms. The lowest BCUT2D eigenvalue weighted by Crippen LogP contribution is -2.21. The highest BCUT2D eigenvalue weighted by atomic mass is 16.1.